The molecule has 0 spiro atoms. The third kappa shape index (κ3) is 3.28. The standard InChI is InChI=1S/C15H20ClNO2/c1-11(3-2-10-18)17-14(19)15(8-9-15)12-4-6-13(16)7-5-12/h4-7,11,18H,2-3,8-10H2,1H3,(H,17,19). The summed E-state index contributed by atoms with van der Waals surface area (Å²) in [4.78, 5) is 12.4. The van der Waals surface area contributed by atoms with Crippen LogP contribution < -0.4 is 5.32 Å². The Morgan fingerprint density at radius 1 is 1.42 bits per heavy atom. The molecule has 0 aliphatic heterocycles. The minimum absolute atomic E-state index is 0.0975. The van der Waals surface area contributed by atoms with E-state index in [0.717, 1.165) is 31.2 Å². The fraction of sp³-hybridized carbons (Fsp3) is 0.533. The number of carbonyl (C=O) groups excluding carboxylic acids is 1. The van der Waals surface area contributed by atoms with Crippen molar-refractivity contribution < 1.29 is 9.90 Å². The molecule has 104 valence electrons. The molecule has 19 heavy (non-hydrogen) atoms. The number of hydrogen-bond acceptors (Lipinski definition) is 2. The van der Waals surface area contributed by atoms with Crippen LogP contribution in [0.25, 0.3) is 0 Å². The molecule has 0 bridgehead atoms. The second-order valence-corrected chi connectivity index (χ2v) is 5.77. The summed E-state index contributed by atoms with van der Waals surface area (Å²) in [6, 6.07) is 7.64. The molecule has 1 unspecified atom stereocenters. The number of rotatable bonds is 6. The van der Waals surface area contributed by atoms with Gasteiger partial charge in [0.15, 0.2) is 0 Å². The van der Waals surface area contributed by atoms with Crippen molar-refractivity contribution in [3.8, 4) is 0 Å². The average molecular weight is 282 g/mol. The topological polar surface area (TPSA) is 49.3 Å². The van der Waals surface area contributed by atoms with E-state index in [-0.39, 0.29) is 24.0 Å². The highest BCUT2D eigenvalue weighted by Crippen LogP contribution is 2.48. The Labute approximate surface area is 119 Å². The van der Waals surface area contributed by atoms with Crippen molar-refractivity contribution >= 4 is 17.5 Å². The van der Waals surface area contributed by atoms with Crippen LogP contribution in [0.4, 0.5) is 0 Å². The van der Waals surface area contributed by atoms with Crippen molar-refractivity contribution in [3.05, 3.63) is 34.9 Å². The molecular formula is C15H20ClNO2. The molecule has 1 aliphatic carbocycles. The Hall–Kier alpha value is -1.06. The lowest BCUT2D eigenvalue weighted by molar-refractivity contribution is -0.124. The maximum absolute atomic E-state index is 12.4. The van der Waals surface area contributed by atoms with Crippen molar-refractivity contribution in [3.63, 3.8) is 0 Å². The van der Waals surface area contributed by atoms with Crippen LogP contribution in [0.2, 0.25) is 5.02 Å². The third-order valence-corrected chi connectivity index (χ3v) is 4.01. The Bertz CT molecular complexity index is 440. The van der Waals surface area contributed by atoms with E-state index in [0.29, 0.717) is 5.02 Å². The maximum Gasteiger partial charge on any atom is 0.230 e. The van der Waals surface area contributed by atoms with E-state index in [2.05, 4.69) is 5.32 Å². The van der Waals surface area contributed by atoms with E-state index in [1.807, 2.05) is 31.2 Å². The van der Waals surface area contributed by atoms with Crippen LogP contribution in [0.3, 0.4) is 0 Å². The summed E-state index contributed by atoms with van der Waals surface area (Å²) in [7, 11) is 0. The summed E-state index contributed by atoms with van der Waals surface area (Å²) in [5.74, 6) is 0.0975. The molecule has 4 heteroatoms. The molecule has 0 heterocycles. The maximum atomic E-state index is 12.4. The van der Waals surface area contributed by atoms with Crippen LogP contribution >= 0.6 is 11.6 Å². The molecule has 1 aromatic rings. The number of carbonyl (C=O) groups is 1. The Kier molecular flexibility index (Phi) is 4.48. The van der Waals surface area contributed by atoms with E-state index >= 15 is 0 Å². The van der Waals surface area contributed by atoms with Gasteiger partial charge in [0, 0.05) is 17.7 Å². The zero-order valence-corrected chi connectivity index (χ0v) is 11.9. The van der Waals surface area contributed by atoms with Crippen molar-refractivity contribution in [2.75, 3.05) is 6.61 Å². The van der Waals surface area contributed by atoms with Gasteiger partial charge < -0.3 is 10.4 Å². The van der Waals surface area contributed by atoms with Gasteiger partial charge in [-0.3, -0.25) is 4.79 Å². The van der Waals surface area contributed by atoms with Crippen LogP contribution in [0, 0.1) is 0 Å². The van der Waals surface area contributed by atoms with Crippen LogP contribution in [0.1, 0.15) is 38.2 Å². The van der Waals surface area contributed by atoms with Crippen molar-refractivity contribution in [1.82, 2.24) is 5.32 Å². The Balaban J connectivity index is 2.00. The van der Waals surface area contributed by atoms with Crippen LogP contribution in [0.5, 0.6) is 0 Å². The van der Waals surface area contributed by atoms with Crippen molar-refractivity contribution in [1.29, 1.82) is 0 Å². The minimum atomic E-state index is -0.349. The van der Waals surface area contributed by atoms with Gasteiger partial charge in [0.1, 0.15) is 0 Å². The molecule has 1 saturated carbocycles. The van der Waals surface area contributed by atoms with Crippen LogP contribution in [0.15, 0.2) is 24.3 Å². The van der Waals surface area contributed by atoms with Crippen LogP contribution in [-0.2, 0) is 10.2 Å². The third-order valence-electron chi connectivity index (χ3n) is 3.75. The summed E-state index contributed by atoms with van der Waals surface area (Å²) in [5.41, 5.74) is 0.696. The first-order valence-corrected chi connectivity index (χ1v) is 7.14. The molecule has 2 N–H and O–H groups in total. The van der Waals surface area contributed by atoms with Gasteiger partial charge >= 0.3 is 0 Å². The van der Waals surface area contributed by atoms with Gasteiger partial charge in [-0.15, -0.1) is 0 Å². The second-order valence-electron chi connectivity index (χ2n) is 5.33. The molecule has 0 radical (unpaired) electrons. The van der Waals surface area contributed by atoms with Crippen molar-refractivity contribution in [2.45, 2.75) is 44.1 Å². The molecule has 1 aliphatic rings. The number of hydrogen-bond donors (Lipinski definition) is 2. The van der Waals surface area contributed by atoms with Gasteiger partial charge in [0.25, 0.3) is 0 Å². The first-order chi connectivity index (χ1) is 9.08. The first kappa shape index (κ1) is 14.4. The number of aliphatic hydroxyl groups is 1. The van der Waals surface area contributed by atoms with Gasteiger partial charge in [-0.25, -0.2) is 0 Å². The summed E-state index contributed by atoms with van der Waals surface area (Å²) in [6.07, 6.45) is 3.31. The normalized spacial score (nSPS) is 17.8. The molecular weight excluding hydrogens is 262 g/mol. The summed E-state index contributed by atoms with van der Waals surface area (Å²) in [6.45, 7) is 2.15. The van der Waals surface area contributed by atoms with Gasteiger partial charge in [0.2, 0.25) is 5.91 Å². The first-order valence-electron chi connectivity index (χ1n) is 6.76. The van der Waals surface area contributed by atoms with E-state index in [4.69, 9.17) is 16.7 Å². The molecule has 3 nitrogen and oxygen atoms in total. The van der Waals surface area contributed by atoms with E-state index in [1.54, 1.807) is 0 Å². The number of aliphatic hydroxyl groups excluding tert-OH is 1. The van der Waals surface area contributed by atoms with E-state index in [9.17, 15) is 4.79 Å². The van der Waals surface area contributed by atoms with E-state index in [1.165, 1.54) is 0 Å². The molecule has 1 amide bonds. The quantitative estimate of drug-likeness (QED) is 0.842. The molecule has 0 aromatic heterocycles. The largest absolute Gasteiger partial charge is 0.396 e. The molecule has 1 atom stereocenters. The van der Waals surface area contributed by atoms with Gasteiger partial charge in [-0.05, 0) is 50.3 Å². The average Bonchev–Trinajstić information content (AvgIpc) is 3.18. The molecule has 1 fully saturated rings. The smallest absolute Gasteiger partial charge is 0.230 e. The fourth-order valence-corrected chi connectivity index (χ4v) is 2.50. The van der Waals surface area contributed by atoms with Gasteiger partial charge in [-0.2, -0.15) is 0 Å². The zero-order chi connectivity index (χ0) is 13.9. The Morgan fingerprint density at radius 3 is 2.58 bits per heavy atom. The number of nitrogens with one attached hydrogen (secondary N) is 1. The predicted molar refractivity (Wildman–Crippen MR) is 76.3 cm³/mol. The predicted octanol–water partition coefficient (Wildman–Crippen LogP) is 2.65. The molecule has 0 saturated heterocycles. The highest BCUT2D eigenvalue weighted by molar-refractivity contribution is 6.30. The summed E-state index contributed by atoms with van der Waals surface area (Å²) in [5, 5.41) is 12.5. The fourth-order valence-electron chi connectivity index (χ4n) is 2.37. The number of benzene rings is 1. The van der Waals surface area contributed by atoms with Crippen molar-refractivity contribution in [2.24, 2.45) is 0 Å². The summed E-state index contributed by atoms with van der Waals surface area (Å²) < 4.78 is 0. The summed E-state index contributed by atoms with van der Waals surface area (Å²) >= 11 is 5.88. The SMILES string of the molecule is CC(CCCO)NC(=O)C1(c2ccc(Cl)cc2)CC1. The highest BCUT2D eigenvalue weighted by atomic mass is 35.5. The molecule has 2 rings (SSSR count). The van der Waals surface area contributed by atoms with Crippen LogP contribution in [-0.4, -0.2) is 23.7 Å². The number of amides is 1. The lowest BCUT2D eigenvalue weighted by Crippen LogP contribution is -2.40. The monoisotopic (exact) mass is 281 g/mol. The lowest BCUT2D eigenvalue weighted by Gasteiger charge is -2.20. The lowest BCUT2D eigenvalue weighted by atomic mass is 9.94. The highest BCUT2D eigenvalue weighted by Gasteiger charge is 2.51. The number of halogens is 1. The minimum Gasteiger partial charge on any atom is -0.396 e. The Morgan fingerprint density at radius 2 is 2.05 bits per heavy atom. The molecule has 1 aromatic carbocycles. The van der Waals surface area contributed by atoms with E-state index < -0.39 is 0 Å². The second kappa shape index (κ2) is 5.93. The van der Waals surface area contributed by atoms with Gasteiger partial charge in [0.05, 0.1) is 5.41 Å². The van der Waals surface area contributed by atoms with Gasteiger partial charge in [-0.1, -0.05) is 23.7 Å². The zero-order valence-electron chi connectivity index (χ0n) is 11.2.